The average Bonchev–Trinajstić information content (AvgIpc) is 4.10. The third-order valence-electron chi connectivity index (χ3n) is 10.4. The summed E-state index contributed by atoms with van der Waals surface area (Å²) in [6.45, 7) is 7.05. The molecule has 1 aliphatic rings. The molecule has 0 atom stereocenters. The Balaban J connectivity index is 0.000000837. The van der Waals surface area contributed by atoms with E-state index in [0.717, 1.165) is 91.7 Å². The van der Waals surface area contributed by atoms with Crippen molar-refractivity contribution in [1.29, 1.82) is 0 Å². The molecule has 1 fully saturated rings. The van der Waals surface area contributed by atoms with Crippen molar-refractivity contribution in [3.8, 4) is 22.3 Å². The fourth-order valence-corrected chi connectivity index (χ4v) is 7.72. The molecule has 0 bridgehead atoms. The van der Waals surface area contributed by atoms with E-state index in [4.69, 9.17) is 14.9 Å². The van der Waals surface area contributed by atoms with E-state index in [1.165, 1.54) is 12.8 Å². The zero-order valence-electron chi connectivity index (χ0n) is 33.3. The van der Waals surface area contributed by atoms with E-state index in [0.29, 0.717) is 12.5 Å². The van der Waals surface area contributed by atoms with Gasteiger partial charge in [-0.25, -0.2) is 0 Å². The molecule has 0 aliphatic carbocycles. The Hall–Kier alpha value is -7.10. The highest BCUT2D eigenvalue weighted by molar-refractivity contribution is 6.16. The summed E-state index contributed by atoms with van der Waals surface area (Å²) in [5, 5.41) is 22.5. The van der Waals surface area contributed by atoms with Gasteiger partial charge in [0.2, 0.25) is 0 Å². The first kappa shape index (κ1) is 37.5. The van der Waals surface area contributed by atoms with Crippen molar-refractivity contribution in [1.82, 2.24) is 30.4 Å². The average molecular weight is 775 g/mol. The van der Waals surface area contributed by atoms with Gasteiger partial charge in [-0.2, -0.15) is 15.0 Å². The van der Waals surface area contributed by atoms with Gasteiger partial charge in [0.05, 0.1) is 12.1 Å². The fourth-order valence-electron chi connectivity index (χ4n) is 7.72. The minimum Gasteiger partial charge on any atom is -0.381 e. The summed E-state index contributed by atoms with van der Waals surface area (Å²) >= 11 is 0. The molecule has 9 heteroatoms. The molecule has 2 aromatic heterocycles. The molecular weight excluding hydrogens is 729 g/mol. The van der Waals surface area contributed by atoms with Crippen LogP contribution in [0.1, 0.15) is 26.7 Å². The molecule has 1 N–H and O–H groups in total. The van der Waals surface area contributed by atoms with E-state index >= 15 is 0 Å². The summed E-state index contributed by atoms with van der Waals surface area (Å²) in [5.41, 5.74) is 13.4. The van der Waals surface area contributed by atoms with Gasteiger partial charge >= 0.3 is 0 Å². The second-order valence-corrected chi connectivity index (χ2v) is 15.1. The maximum absolute atomic E-state index is 5.13. The van der Waals surface area contributed by atoms with Crippen LogP contribution >= 0.6 is 0 Å². The second-order valence-electron chi connectivity index (χ2n) is 15.1. The Labute approximate surface area is 344 Å². The van der Waals surface area contributed by atoms with E-state index in [-0.39, 0.29) is 0 Å². The summed E-state index contributed by atoms with van der Waals surface area (Å²) in [6.07, 6.45) is 2.56. The predicted octanol–water partition coefficient (Wildman–Crippen LogP) is 12.4. The number of benzene rings is 7. The monoisotopic (exact) mass is 774 g/mol. The van der Waals surface area contributed by atoms with Crippen molar-refractivity contribution in [3.63, 3.8) is 0 Å². The Bertz CT molecular complexity index is 2460. The first-order valence-electron chi connectivity index (χ1n) is 20.3. The van der Waals surface area contributed by atoms with Crippen LogP contribution in [0.15, 0.2) is 170 Å². The molecule has 9 aromatic rings. The summed E-state index contributed by atoms with van der Waals surface area (Å²) in [5.74, 6) is 0.367. The SMILES string of the molecule is C1CCOC1.CC(C)Cn1nc2c(-c3ccc(N(c4ccccc4)c4ccccc4)cc3)c3nn[nH]c3c(-c3ccc(N(c4ccccc4)c4ccccc4)cc3)c2n1. The van der Waals surface area contributed by atoms with E-state index in [1.54, 1.807) is 0 Å². The van der Waals surface area contributed by atoms with Crippen molar-refractivity contribution >= 4 is 56.2 Å². The largest absolute Gasteiger partial charge is 0.381 e. The number of ether oxygens (including phenoxy) is 1. The molecule has 0 spiro atoms. The van der Waals surface area contributed by atoms with E-state index in [2.05, 4.69) is 185 Å². The predicted molar refractivity (Wildman–Crippen MR) is 240 cm³/mol. The quantitative estimate of drug-likeness (QED) is 0.148. The number of para-hydroxylation sites is 4. The number of anilines is 6. The molecule has 0 saturated carbocycles. The lowest BCUT2D eigenvalue weighted by atomic mass is 9.95. The Morgan fingerprint density at radius 2 is 0.898 bits per heavy atom. The standard InChI is InChI=1S/C46H38N8.C4H8O/c1-32(2)31-52-49-45-41(33-23-27-39(28-24-33)53(35-15-7-3-8-16-35)36-17-9-4-10-18-36)43-44(48-51-47-43)42(46(45)50-52)34-25-29-40(30-26-34)54(37-19-11-5-12-20-37)38-21-13-6-14-22-38;1-2-4-5-3-1/h3-30,32H,31H2,1-2H3,(H,47,48);1-4H2. The van der Waals surface area contributed by atoms with Crippen LogP contribution < -0.4 is 9.80 Å². The molecule has 7 aromatic carbocycles. The van der Waals surface area contributed by atoms with Crippen LogP contribution in [0.25, 0.3) is 44.3 Å². The molecule has 1 saturated heterocycles. The van der Waals surface area contributed by atoms with Crippen LogP contribution in [0.2, 0.25) is 0 Å². The number of fused-ring (bicyclic) bond motifs is 2. The molecule has 10 rings (SSSR count). The van der Waals surface area contributed by atoms with Crippen molar-refractivity contribution in [2.24, 2.45) is 5.92 Å². The van der Waals surface area contributed by atoms with Crippen LogP contribution in [0, 0.1) is 5.92 Å². The minimum atomic E-state index is 0.367. The summed E-state index contributed by atoms with van der Waals surface area (Å²) in [4.78, 5) is 6.35. The third kappa shape index (κ3) is 7.93. The minimum absolute atomic E-state index is 0.367. The van der Waals surface area contributed by atoms with Gasteiger partial charge < -0.3 is 14.5 Å². The first-order chi connectivity index (χ1) is 29.1. The third-order valence-corrected chi connectivity index (χ3v) is 10.4. The number of H-pyrrole nitrogens is 1. The zero-order valence-corrected chi connectivity index (χ0v) is 33.3. The summed E-state index contributed by atoms with van der Waals surface area (Å²) < 4.78 is 4.94. The molecule has 3 heterocycles. The van der Waals surface area contributed by atoms with Crippen LogP contribution in [0.4, 0.5) is 34.1 Å². The fraction of sp³-hybridized carbons (Fsp3) is 0.160. The van der Waals surface area contributed by atoms with Crippen LogP contribution in [0.5, 0.6) is 0 Å². The van der Waals surface area contributed by atoms with Crippen molar-refractivity contribution in [2.75, 3.05) is 23.0 Å². The van der Waals surface area contributed by atoms with Crippen LogP contribution in [-0.4, -0.2) is 43.6 Å². The maximum atomic E-state index is 5.13. The summed E-state index contributed by atoms with van der Waals surface area (Å²) in [6, 6.07) is 58.9. The molecule has 1 aliphatic heterocycles. The highest BCUT2D eigenvalue weighted by Crippen LogP contribution is 2.43. The molecule has 9 nitrogen and oxygen atoms in total. The van der Waals surface area contributed by atoms with Crippen molar-refractivity contribution in [3.05, 3.63) is 170 Å². The topological polar surface area (TPSA) is 88.0 Å². The molecule has 59 heavy (non-hydrogen) atoms. The number of nitrogens with one attached hydrogen (secondary N) is 1. The normalized spacial score (nSPS) is 12.5. The first-order valence-corrected chi connectivity index (χ1v) is 20.3. The van der Waals surface area contributed by atoms with Gasteiger partial charge in [-0.3, -0.25) is 5.10 Å². The number of nitrogens with zero attached hydrogens (tertiary/aromatic N) is 7. The van der Waals surface area contributed by atoms with Crippen molar-refractivity contribution in [2.45, 2.75) is 33.2 Å². The zero-order chi connectivity index (χ0) is 40.0. The highest BCUT2D eigenvalue weighted by atomic mass is 16.5. The second kappa shape index (κ2) is 17.2. The molecule has 292 valence electrons. The Kier molecular flexibility index (Phi) is 10.9. The van der Waals surface area contributed by atoms with Gasteiger partial charge in [-0.05, 0) is 103 Å². The molecular formula is C50H46N8O. The van der Waals surface area contributed by atoms with E-state index in [1.807, 2.05) is 29.1 Å². The van der Waals surface area contributed by atoms with Gasteiger partial charge in [-0.15, -0.1) is 5.10 Å². The smallest absolute Gasteiger partial charge is 0.124 e. The van der Waals surface area contributed by atoms with Crippen LogP contribution in [0.3, 0.4) is 0 Å². The number of aromatic amines is 1. The number of hydrogen-bond donors (Lipinski definition) is 1. The number of rotatable bonds is 10. The van der Waals surface area contributed by atoms with E-state index in [9.17, 15) is 0 Å². The van der Waals surface area contributed by atoms with Gasteiger partial charge in [0.1, 0.15) is 16.6 Å². The van der Waals surface area contributed by atoms with Gasteiger partial charge in [-0.1, -0.05) is 116 Å². The number of hydrogen-bond acceptors (Lipinski definition) is 7. The maximum Gasteiger partial charge on any atom is 0.124 e. The lowest BCUT2D eigenvalue weighted by Gasteiger charge is -2.25. The summed E-state index contributed by atoms with van der Waals surface area (Å²) in [7, 11) is 0. The van der Waals surface area contributed by atoms with Gasteiger partial charge in [0, 0.05) is 58.5 Å². The van der Waals surface area contributed by atoms with Crippen LogP contribution in [-0.2, 0) is 11.3 Å². The van der Waals surface area contributed by atoms with Gasteiger partial charge in [0.15, 0.2) is 0 Å². The lowest BCUT2D eigenvalue weighted by Crippen LogP contribution is -2.09. The van der Waals surface area contributed by atoms with Gasteiger partial charge in [0.25, 0.3) is 0 Å². The molecule has 0 unspecified atom stereocenters. The van der Waals surface area contributed by atoms with E-state index < -0.39 is 0 Å². The Morgan fingerprint density at radius 1 is 0.508 bits per heavy atom. The Morgan fingerprint density at radius 3 is 1.29 bits per heavy atom. The molecule has 0 amide bonds. The molecule has 0 radical (unpaired) electrons. The lowest BCUT2D eigenvalue weighted by molar-refractivity contribution is 0.198. The number of aromatic nitrogens is 6. The highest BCUT2D eigenvalue weighted by Gasteiger charge is 2.24. The van der Waals surface area contributed by atoms with Crippen molar-refractivity contribution < 1.29 is 4.74 Å².